The number of nitrogens with zero attached hydrogens (tertiary/aromatic N) is 1. The van der Waals surface area contributed by atoms with Crippen molar-refractivity contribution >= 4 is 15.9 Å². The maximum atomic E-state index is 5.73. The number of nitrogens with two attached hydrogens (primary N) is 1. The van der Waals surface area contributed by atoms with Gasteiger partial charge in [0.1, 0.15) is 0 Å². The van der Waals surface area contributed by atoms with Gasteiger partial charge in [-0.05, 0) is 40.9 Å². The first-order chi connectivity index (χ1) is 8.74. The van der Waals surface area contributed by atoms with E-state index in [9.17, 15) is 0 Å². The number of rotatable bonds is 5. The zero-order chi connectivity index (χ0) is 13.0. The van der Waals surface area contributed by atoms with Crippen molar-refractivity contribution in [1.82, 2.24) is 10.4 Å². The molecule has 1 aromatic rings. The van der Waals surface area contributed by atoms with Crippen LogP contribution in [0.15, 0.2) is 22.8 Å². The summed E-state index contributed by atoms with van der Waals surface area (Å²) in [6.07, 6.45) is 5.10. The number of ether oxygens (including phenoxy) is 1. The van der Waals surface area contributed by atoms with E-state index in [1.165, 1.54) is 0 Å². The molecule has 1 aliphatic rings. The quantitative estimate of drug-likeness (QED) is 0.645. The summed E-state index contributed by atoms with van der Waals surface area (Å²) < 4.78 is 6.73. The van der Waals surface area contributed by atoms with E-state index in [2.05, 4.69) is 33.3 Å². The molecule has 0 bridgehead atoms. The molecule has 0 saturated carbocycles. The molecule has 100 valence electrons. The molecular formula is C13H20BrN3O. The Morgan fingerprint density at radius 3 is 3.06 bits per heavy atom. The summed E-state index contributed by atoms with van der Waals surface area (Å²) in [5, 5.41) is 0. The van der Waals surface area contributed by atoms with Crippen molar-refractivity contribution in [2.75, 3.05) is 6.61 Å². The molecule has 1 fully saturated rings. The highest BCUT2D eigenvalue weighted by molar-refractivity contribution is 9.10. The summed E-state index contributed by atoms with van der Waals surface area (Å²) in [4.78, 5) is 4.41. The van der Waals surface area contributed by atoms with Gasteiger partial charge in [0.25, 0.3) is 0 Å². The van der Waals surface area contributed by atoms with E-state index >= 15 is 0 Å². The zero-order valence-electron chi connectivity index (χ0n) is 10.6. The van der Waals surface area contributed by atoms with Gasteiger partial charge in [-0.25, -0.2) is 0 Å². The monoisotopic (exact) mass is 313 g/mol. The third-order valence-corrected chi connectivity index (χ3v) is 4.08. The van der Waals surface area contributed by atoms with Crippen LogP contribution in [0.5, 0.6) is 0 Å². The summed E-state index contributed by atoms with van der Waals surface area (Å²) in [5.41, 5.74) is 4.00. The Hall–Kier alpha value is -0.490. The molecule has 0 radical (unpaired) electrons. The van der Waals surface area contributed by atoms with Gasteiger partial charge in [0.05, 0.1) is 6.10 Å². The van der Waals surface area contributed by atoms with Crippen molar-refractivity contribution in [3.63, 3.8) is 0 Å². The molecule has 2 rings (SSSR count). The number of nitrogens with one attached hydrogen (secondary N) is 1. The molecule has 3 unspecified atom stereocenters. The molecule has 0 aliphatic carbocycles. The number of hydrazine groups is 1. The van der Waals surface area contributed by atoms with Gasteiger partial charge in [0.2, 0.25) is 0 Å². The molecule has 2 heterocycles. The molecule has 4 nitrogen and oxygen atoms in total. The predicted molar refractivity (Wildman–Crippen MR) is 74.9 cm³/mol. The van der Waals surface area contributed by atoms with Crippen LogP contribution in [0.4, 0.5) is 0 Å². The Morgan fingerprint density at radius 1 is 1.61 bits per heavy atom. The molecule has 0 amide bonds. The molecule has 1 aliphatic heterocycles. The largest absolute Gasteiger partial charge is 0.378 e. The molecule has 3 atom stereocenters. The van der Waals surface area contributed by atoms with Crippen LogP contribution >= 0.6 is 15.9 Å². The van der Waals surface area contributed by atoms with Gasteiger partial charge in [-0.15, -0.1) is 0 Å². The number of pyridine rings is 1. The van der Waals surface area contributed by atoms with Crippen LogP contribution < -0.4 is 11.3 Å². The van der Waals surface area contributed by atoms with Gasteiger partial charge in [0, 0.05) is 41.4 Å². The molecular weight excluding hydrogens is 294 g/mol. The van der Waals surface area contributed by atoms with Crippen LogP contribution in [0.25, 0.3) is 0 Å². The first kappa shape index (κ1) is 13.9. The van der Waals surface area contributed by atoms with E-state index in [1.54, 1.807) is 0 Å². The van der Waals surface area contributed by atoms with Crippen molar-refractivity contribution in [1.29, 1.82) is 0 Å². The van der Waals surface area contributed by atoms with E-state index in [0.717, 1.165) is 36.0 Å². The Kier molecular flexibility index (Phi) is 5.12. The standard InChI is InChI=1S/C13H20BrN3O/c1-2-13-11(5-6-18-13)12(17-15)7-10-4-3-9(14)8-16-10/h3-4,8,11-13,17H,2,5-7,15H2,1H3. The van der Waals surface area contributed by atoms with E-state index in [0.29, 0.717) is 12.0 Å². The van der Waals surface area contributed by atoms with E-state index in [-0.39, 0.29) is 6.04 Å². The third-order valence-electron chi connectivity index (χ3n) is 3.61. The van der Waals surface area contributed by atoms with Crippen LogP contribution in [0.1, 0.15) is 25.5 Å². The fourth-order valence-electron chi connectivity index (χ4n) is 2.63. The molecule has 18 heavy (non-hydrogen) atoms. The Morgan fingerprint density at radius 2 is 2.44 bits per heavy atom. The summed E-state index contributed by atoms with van der Waals surface area (Å²) >= 11 is 3.39. The minimum Gasteiger partial charge on any atom is -0.378 e. The summed E-state index contributed by atoms with van der Waals surface area (Å²) in [5.74, 6) is 6.18. The summed E-state index contributed by atoms with van der Waals surface area (Å²) in [6, 6.07) is 4.27. The van der Waals surface area contributed by atoms with Crippen LogP contribution in [-0.2, 0) is 11.2 Å². The molecule has 1 saturated heterocycles. The first-order valence-corrected chi connectivity index (χ1v) is 7.22. The summed E-state index contributed by atoms with van der Waals surface area (Å²) in [6.45, 7) is 3.00. The zero-order valence-corrected chi connectivity index (χ0v) is 12.2. The highest BCUT2D eigenvalue weighted by Crippen LogP contribution is 2.27. The summed E-state index contributed by atoms with van der Waals surface area (Å²) in [7, 11) is 0. The van der Waals surface area contributed by atoms with Crippen molar-refractivity contribution in [3.8, 4) is 0 Å². The topological polar surface area (TPSA) is 60.2 Å². The second-order valence-corrected chi connectivity index (χ2v) is 5.63. The molecule has 0 spiro atoms. The van der Waals surface area contributed by atoms with Gasteiger partial charge >= 0.3 is 0 Å². The predicted octanol–water partition coefficient (Wildman–Crippen LogP) is 2.03. The highest BCUT2D eigenvalue weighted by Gasteiger charge is 2.33. The average molecular weight is 314 g/mol. The minimum atomic E-state index is 0.228. The third kappa shape index (κ3) is 3.29. The maximum absolute atomic E-state index is 5.73. The number of aromatic nitrogens is 1. The molecule has 1 aromatic heterocycles. The van der Waals surface area contributed by atoms with Gasteiger partial charge in [-0.1, -0.05) is 6.92 Å². The Balaban J connectivity index is 2.02. The smallest absolute Gasteiger partial charge is 0.0617 e. The van der Waals surface area contributed by atoms with Crippen LogP contribution in [0, 0.1) is 5.92 Å². The number of hydrogen-bond donors (Lipinski definition) is 2. The fourth-order valence-corrected chi connectivity index (χ4v) is 2.87. The SMILES string of the molecule is CCC1OCCC1C(Cc1ccc(Br)cn1)NN. The van der Waals surface area contributed by atoms with Gasteiger partial charge in [-0.3, -0.25) is 16.3 Å². The Labute approximate surface area is 116 Å². The second-order valence-electron chi connectivity index (χ2n) is 4.72. The average Bonchev–Trinajstić information content (AvgIpc) is 2.86. The first-order valence-electron chi connectivity index (χ1n) is 6.42. The normalized spacial score (nSPS) is 25.3. The number of halogens is 1. The van der Waals surface area contributed by atoms with Crippen LogP contribution in [0.2, 0.25) is 0 Å². The van der Waals surface area contributed by atoms with Gasteiger partial charge in [-0.2, -0.15) is 0 Å². The molecule has 3 N–H and O–H groups in total. The van der Waals surface area contributed by atoms with Crippen LogP contribution in [0.3, 0.4) is 0 Å². The lowest BCUT2D eigenvalue weighted by molar-refractivity contribution is 0.0773. The Bertz CT molecular complexity index is 371. The van der Waals surface area contributed by atoms with Gasteiger partial charge in [0.15, 0.2) is 0 Å². The molecule has 5 heteroatoms. The van der Waals surface area contributed by atoms with E-state index in [4.69, 9.17) is 10.6 Å². The van der Waals surface area contributed by atoms with Crippen molar-refractivity contribution in [2.24, 2.45) is 11.8 Å². The fraction of sp³-hybridized carbons (Fsp3) is 0.615. The van der Waals surface area contributed by atoms with E-state index < -0.39 is 0 Å². The maximum Gasteiger partial charge on any atom is 0.0617 e. The molecule has 0 aromatic carbocycles. The van der Waals surface area contributed by atoms with Crippen molar-refractivity contribution < 1.29 is 4.74 Å². The highest BCUT2D eigenvalue weighted by atomic mass is 79.9. The second kappa shape index (κ2) is 6.61. The van der Waals surface area contributed by atoms with Crippen molar-refractivity contribution in [2.45, 2.75) is 38.3 Å². The number of hydrogen-bond acceptors (Lipinski definition) is 4. The lowest BCUT2D eigenvalue weighted by Crippen LogP contribution is -2.45. The van der Waals surface area contributed by atoms with Gasteiger partial charge < -0.3 is 4.74 Å². The van der Waals surface area contributed by atoms with E-state index in [1.807, 2.05) is 18.3 Å². The lowest BCUT2D eigenvalue weighted by atomic mass is 9.89. The lowest BCUT2D eigenvalue weighted by Gasteiger charge is -2.26. The minimum absolute atomic E-state index is 0.228. The van der Waals surface area contributed by atoms with Crippen LogP contribution in [-0.4, -0.2) is 23.7 Å². The van der Waals surface area contributed by atoms with Crippen molar-refractivity contribution in [3.05, 3.63) is 28.5 Å².